The van der Waals surface area contributed by atoms with Crippen molar-refractivity contribution in [3.63, 3.8) is 0 Å². The van der Waals surface area contributed by atoms with E-state index in [-0.39, 0.29) is 23.5 Å². The number of ether oxygens (including phenoxy) is 1. The largest absolute Gasteiger partial charge is 0.755 e. The van der Waals surface area contributed by atoms with E-state index in [2.05, 4.69) is 0 Å². The molecule has 4 aromatic rings. The molecule has 0 aliphatic carbocycles. The summed E-state index contributed by atoms with van der Waals surface area (Å²) in [6.07, 6.45) is 0. The molecule has 0 bridgehead atoms. The number of carboxylic acid groups (broad SMARTS) is 1. The molecule has 0 spiro atoms. The van der Waals surface area contributed by atoms with Gasteiger partial charge in [-0.3, -0.25) is 17.0 Å². The summed E-state index contributed by atoms with van der Waals surface area (Å²) >= 11 is -5.26. The molecule has 4 aromatic carbocycles. The van der Waals surface area contributed by atoms with Crippen molar-refractivity contribution in [1.82, 2.24) is 0 Å². The first-order valence-electron chi connectivity index (χ1n) is 11.7. The van der Waals surface area contributed by atoms with Crippen LogP contribution in [-0.4, -0.2) is 28.6 Å². The predicted octanol–water partition coefficient (Wildman–Crippen LogP) is 5.53. The molecular formula is C28H24N2O7S2-2. The summed E-state index contributed by atoms with van der Waals surface area (Å²) in [5.41, 5.74) is 3.17. The monoisotopic (exact) mass is 564 g/mol. The third kappa shape index (κ3) is 6.89. The second-order valence-electron chi connectivity index (χ2n) is 8.67. The predicted molar refractivity (Wildman–Crippen MR) is 148 cm³/mol. The number of hydrogen-bond donors (Lipinski definition) is 1. The Hall–Kier alpha value is -4.03. The first kappa shape index (κ1) is 28.0. The number of carboxylic acids is 1. The van der Waals surface area contributed by atoms with Gasteiger partial charge in [-0.15, -0.1) is 0 Å². The molecule has 0 aliphatic heterocycles. The molecule has 39 heavy (non-hydrogen) atoms. The number of benzene rings is 4. The van der Waals surface area contributed by atoms with E-state index < -0.39 is 28.5 Å². The van der Waals surface area contributed by atoms with Gasteiger partial charge in [-0.05, 0) is 74.0 Å². The van der Waals surface area contributed by atoms with E-state index in [1.54, 1.807) is 60.7 Å². The van der Waals surface area contributed by atoms with Crippen LogP contribution in [0.25, 0.3) is 0 Å². The van der Waals surface area contributed by atoms with Crippen LogP contribution in [0.15, 0.2) is 91.0 Å². The average molecular weight is 565 g/mol. The van der Waals surface area contributed by atoms with Gasteiger partial charge in [0.05, 0.1) is 34.7 Å². The average Bonchev–Trinajstić information content (AvgIpc) is 2.90. The maximum atomic E-state index is 12.1. The lowest BCUT2D eigenvalue weighted by Crippen LogP contribution is -2.24. The van der Waals surface area contributed by atoms with Crippen LogP contribution in [0.3, 0.4) is 0 Å². The van der Waals surface area contributed by atoms with Gasteiger partial charge in [0.25, 0.3) is 0 Å². The maximum absolute atomic E-state index is 12.1. The van der Waals surface area contributed by atoms with Crippen LogP contribution in [0, 0.1) is 13.8 Å². The minimum Gasteiger partial charge on any atom is -0.755 e. The first-order valence-corrected chi connectivity index (χ1v) is 13.7. The van der Waals surface area contributed by atoms with Crippen molar-refractivity contribution in [1.29, 1.82) is 0 Å². The highest BCUT2D eigenvalue weighted by atomic mass is 32.2. The molecule has 2 atom stereocenters. The van der Waals surface area contributed by atoms with Crippen molar-refractivity contribution in [2.75, 3.05) is 8.61 Å². The fourth-order valence-electron chi connectivity index (χ4n) is 3.82. The molecule has 0 amide bonds. The van der Waals surface area contributed by atoms with Crippen molar-refractivity contribution >= 4 is 45.6 Å². The van der Waals surface area contributed by atoms with Crippen LogP contribution in [-0.2, 0) is 29.1 Å². The maximum Gasteiger partial charge on any atom is 0.337 e. The second-order valence-corrected chi connectivity index (χ2v) is 10.3. The van der Waals surface area contributed by atoms with E-state index in [0.717, 1.165) is 15.4 Å². The Morgan fingerprint density at radius 2 is 1.31 bits per heavy atom. The zero-order valence-corrected chi connectivity index (χ0v) is 22.6. The van der Waals surface area contributed by atoms with Crippen molar-refractivity contribution in [2.24, 2.45) is 0 Å². The zero-order valence-electron chi connectivity index (χ0n) is 21.0. The van der Waals surface area contributed by atoms with Crippen molar-refractivity contribution < 1.29 is 32.2 Å². The second kappa shape index (κ2) is 12.2. The van der Waals surface area contributed by atoms with E-state index in [4.69, 9.17) is 4.74 Å². The van der Waals surface area contributed by atoms with Gasteiger partial charge in [-0.2, -0.15) is 0 Å². The Kier molecular flexibility index (Phi) is 8.77. The SMILES string of the molecule is Cc1ccc(N(Cc2ccc(Oc3ccc(N(c4ccc(C)cc4)S(=O)[O-])c(C(=O)O)c3)cc2)S(=O)[O-])cc1. The summed E-state index contributed by atoms with van der Waals surface area (Å²) in [6, 6.07) is 24.5. The zero-order chi connectivity index (χ0) is 28.1. The third-order valence-electron chi connectivity index (χ3n) is 5.82. The molecule has 9 nitrogen and oxygen atoms in total. The minimum absolute atomic E-state index is 0.0378. The fraction of sp³-hybridized carbons (Fsp3) is 0.107. The van der Waals surface area contributed by atoms with Gasteiger partial charge in [0, 0.05) is 17.0 Å². The van der Waals surface area contributed by atoms with E-state index in [9.17, 15) is 27.4 Å². The van der Waals surface area contributed by atoms with Crippen LogP contribution in [0.5, 0.6) is 11.5 Å². The summed E-state index contributed by atoms with van der Waals surface area (Å²) in [5.74, 6) is -0.752. The summed E-state index contributed by atoms with van der Waals surface area (Å²) in [5, 5.41) is 9.81. The number of aryl methyl sites for hydroxylation is 2. The van der Waals surface area contributed by atoms with E-state index in [0.29, 0.717) is 22.7 Å². The normalized spacial score (nSPS) is 12.4. The smallest absolute Gasteiger partial charge is 0.337 e. The molecule has 1 N–H and O–H groups in total. The van der Waals surface area contributed by atoms with Crippen LogP contribution in [0.4, 0.5) is 17.1 Å². The Morgan fingerprint density at radius 1 is 0.769 bits per heavy atom. The van der Waals surface area contributed by atoms with Crippen molar-refractivity contribution in [3.8, 4) is 11.5 Å². The van der Waals surface area contributed by atoms with Gasteiger partial charge in [-0.1, -0.05) is 47.5 Å². The van der Waals surface area contributed by atoms with Crippen LogP contribution in [0.1, 0.15) is 27.0 Å². The molecule has 0 heterocycles. The van der Waals surface area contributed by atoms with Crippen LogP contribution >= 0.6 is 0 Å². The highest BCUT2D eigenvalue weighted by Crippen LogP contribution is 2.34. The van der Waals surface area contributed by atoms with Gasteiger partial charge >= 0.3 is 5.97 Å². The van der Waals surface area contributed by atoms with Crippen LogP contribution in [0.2, 0.25) is 0 Å². The number of aromatic carboxylic acids is 1. The number of anilines is 3. The summed E-state index contributed by atoms with van der Waals surface area (Å²) < 4.78 is 55.7. The van der Waals surface area contributed by atoms with Gasteiger partial charge in [0.2, 0.25) is 0 Å². The highest BCUT2D eigenvalue weighted by molar-refractivity contribution is 7.81. The molecule has 4 rings (SSSR count). The Morgan fingerprint density at radius 3 is 1.82 bits per heavy atom. The standard InChI is InChI=1S/C28H26N2O7S2/c1-19-3-9-22(10-4-19)29(38(33)34)18-21-7-13-24(14-8-21)37-25-15-16-27(26(17-25)28(31)32)30(39(35)36)23-11-5-20(2)6-12-23/h3-17H,18H2,1-2H3,(H,31,32)(H,33,34)(H,35,36)/p-2. The number of carbonyl (C=O) groups is 1. The molecule has 11 heteroatoms. The Bertz CT molecular complexity index is 1510. The lowest BCUT2D eigenvalue weighted by molar-refractivity contribution is 0.0697. The Labute approximate surface area is 231 Å². The first-order chi connectivity index (χ1) is 18.6. The molecule has 2 unspecified atom stereocenters. The van der Waals surface area contributed by atoms with Gasteiger partial charge in [-0.25, -0.2) is 4.79 Å². The number of nitrogens with zero attached hydrogens (tertiary/aromatic N) is 2. The quantitative estimate of drug-likeness (QED) is 0.251. The van der Waals surface area contributed by atoms with Crippen molar-refractivity contribution in [3.05, 3.63) is 113 Å². The van der Waals surface area contributed by atoms with Gasteiger partial charge in [0.15, 0.2) is 0 Å². The molecule has 0 radical (unpaired) electrons. The van der Waals surface area contributed by atoms with E-state index in [1.165, 1.54) is 22.5 Å². The van der Waals surface area contributed by atoms with Crippen LogP contribution < -0.4 is 13.3 Å². The Balaban J connectivity index is 1.55. The van der Waals surface area contributed by atoms with Gasteiger partial charge < -0.3 is 18.9 Å². The molecule has 0 saturated carbocycles. The fourth-order valence-corrected chi connectivity index (χ4v) is 4.98. The van der Waals surface area contributed by atoms with Gasteiger partial charge in [0.1, 0.15) is 11.5 Å². The minimum atomic E-state index is -2.78. The van der Waals surface area contributed by atoms with E-state index in [1.807, 2.05) is 26.0 Å². The topological polar surface area (TPSA) is 133 Å². The lowest BCUT2D eigenvalue weighted by Gasteiger charge is -2.28. The third-order valence-corrected chi connectivity index (χ3v) is 7.23. The molecule has 202 valence electrons. The van der Waals surface area contributed by atoms with E-state index >= 15 is 0 Å². The molecule has 0 aliphatic rings. The molecule has 0 saturated heterocycles. The summed E-state index contributed by atoms with van der Waals surface area (Å²) in [6.45, 7) is 3.88. The highest BCUT2D eigenvalue weighted by Gasteiger charge is 2.20. The summed E-state index contributed by atoms with van der Waals surface area (Å²) in [4.78, 5) is 12.0. The number of hydrogen-bond acceptors (Lipinski definition) is 6. The molecule has 0 fully saturated rings. The number of rotatable bonds is 10. The lowest BCUT2D eigenvalue weighted by atomic mass is 10.1. The molecular weight excluding hydrogens is 540 g/mol. The van der Waals surface area contributed by atoms with Crippen molar-refractivity contribution in [2.45, 2.75) is 20.4 Å². The summed E-state index contributed by atoms with van der Waals surface area (Å²) in [7, 11) is 0. The molecule has 0 aromatic heterocycles.